The highest BCUT2D eigenvalue weighted by Gasteiger charge is 2.38. The van der Waals surface area contributed by atoms with Crippen LogP contribution >= 0.6 is 0 Å². The second-order valence-corrected chi connectivity index (χ2v) is 5.29. The van der Waals surface area contributed by atoms with Crippen molar-refractivity contribution in [1.82, 2.24) is 4.90 Å². The molecule has 2 heteroatoms. The predicted octanol–water partition coefficient (Wildman–Crippen LogP) is 3.35. The van der Waals surface area contributed by atoms with Gasteiger partial charge in [0.05, 0.1) is 6.10 Å². The first kappa shape index (κ1) is 11.2. The van der Waals surface area contributed by atoms with Crippen LogP contribution in [-0.4, -0.2) is 23.8 Å². The molecule has 1 aliphatic carbocycles. The van der Waals surface area contributed by atoms with E-state index in [1.807, 2.05) is 0 Å². The highest BCUT2D eigenvalue weighted by molar-refractivity contribution is 5.19. The smallest absolute Gasteiger partial charge is 0.100 e. The third kappa shape index (κ3) is 2.12. The summed E-state index contributed by atoms with van der Waals surface area (Å²) < 4.78 is 5.94. The van der Waals surface area contributed by atoms with Crippen molar-refractivity contribution in [1.29, 1.82) is 0 Å². The van der Waals surface area contributed by atoms with E-state index in [-0.39, 0.29) is 0 Å². The number of ether oxygens (including phenoxy) is 1. The molecule has 0 radical (unpaired) electrons. The zero-order valence-electron chi connectivity index (χ0n) is 10.5. The molecule has 92 valence electrons. The van der Waals surface area contributed by atoms with Crippen LogP contribution in [0, 0.1) is 0 Å². The standard InChI is InChI=1S/C15H21NO/c1-12(13-7-3-2-4-8-13)16-11-17-15-10-6-5-9-14(15)16/h2-4,7-8,12,14-15H,5-6,9-11H2,1H3/t12-,14+,15+/m0/s1. The molecule has 17 heavy (non-hydrogen) atoms. The van der Waals surface area contributed by atoms with Gasteiger partial charge in [0.2, 0.25) is 0 Å². The molecule has 3 rings (SSSR count). The van der Waals surface area contributed by atoms with Crippen LogP contribution in [0.15, 0.2) is 30.3 Å². The van der Waals surface area contributed by atoms with Gasteiger partial charge < -0.3 is 4.74 Å². The summed E-state index contributed by atoms with van der Waals surface area (Å²) in [6, 6.07) is 11.9. The highest BCUT2D eigenvalue weighted by atomic mass is 16.5. The topological polar surface area (TPSA) is 12.5 Å². The summed E-state index contributed by atoms with van der Waals surface area (Å²) in [5, 5.41) is 0. The number of hydrogen-bond acceptors (Lipinski definition) is 2. The lowest BCUT2D eigenvalue weighted by Gasteiger charge is -2.33. The molecule has 0 bridgehead atoms. The summed E-state index contributed by atoms with van der Waals surface area (Å²) >= 11 is 0. The monoisotopic (exact) mass is 231 g/mol. The molecule has 1 saturated carbocycles. The Bertz CT molecular complexity index is 364. The molecule has 1 aromatic carbocycles. The molecule has 1 aliphatic heterocycles. The van der Waals surface area contributed by atoms with E-state index < -0.39 is 0 Å². The minimum absolute atomic E-state index is 0.476. The van der Waals surface area contributed by atoms with Gasteiger partial charge >= 0.3 is 0 Å². The molecule has 0 amide bonds. The minimum Gasteiger partial charge on any atom is -0.361 e. The summed E-state index contributed by atoms with van der Waals surface area (Å²) in [5.41, 5.74) is 1.40. The van der Waals surface area contributed by atoms with Crippen molar-refractivity contribution in [2.24, 2.45) is 0 Å². The summed E-state index contributed by atoms with van der Waals surface area (Å²) in [5.74, 6) is 0. The first-order valence-electron chi connectivity index (χ1n) is 6.78. The van der Waals surface area contributed by atoms with E-state index >= 15 is 0 Å². The van der Waals surface area contributed by atoms with Crippen LogP contribution in [0.4, 0.5) is 0 Å². The van der Waals surface area contributed by atoms with Crippen LogP contribution in [0.1, 0.15) is 44.2 Å². The zero-order valence-corrected chi connectivity index (χ0v) is 10.5. The van der Waals surface area contributed by atoms with Crippen LogP contribution in [0.5, 0.6) is 0 Å². The van der Waals surface area contributed by atoms with Gasteiger partial charge in [-0.05, 0) is 25.3 Å². The maximum atomic E-state index is 5.94. The van der Waals surface area contributed by atoms with Gasteiger partial charge in [0.15, 0.2) is 0 Å². The second-order valence-electron chi connectivity index (χ2n) is 5.29. The van der Waals surface area contributed by atoms with Crippen LogP contribution in [0.3, 0.4) is 0 Å². The summed E-state index contributed by atoms with van der Waals surface area (Å²) in [6.45, 7) is 3.11. The Balaban J connectivity index is 1.76. The summed E-state index contributed by atoms with van der Waals surface area (Å²) in [4.78, 5) is 2.54. The number of benzene rings is 1. The fourth-order valence-electron chi connectivity index (χ4n) is 3.25. The largest absolute Gasteiger partial charge is 0.361 e. The van der Waals surface area contributed by atoms with Gasteiger partial charge in [0, 0.05) is 12.1 Å². The van der Waals surface area contributed by atoms with Gasteiger partial charge in [0.25, 0.3) is 0 Å². The molecule has 1 saturated heterocycles. The van der Waals surface area contributed by atoms with Crippen molar-refractivity contribution in [3.63, 3.8) is 0 Å². The average Bonchev–Trinajstić information content (AvgIpc) is 2.83. The van der Waals surface area contributed by atoms with Crippen molar-refractivity contribution < 1.29 is 4.74 Å². The first-order valence-corrected chi connectivity index (χ1v) is 6.78. The van der Waals surface area contributed by atoms with Crippen molar-refractivity contribution in [2.45, 2.75) is 50.8 Å². The number of fused-ring (bicyclic) bond motifs is 1. The average molecular weight is 231 g/mol. The van der Waals surface area contributed by atoms with Gasteiger partial charge in [-0.1, -0.05) is 43.2 Å². The molecule has 0 unspecified atom stereocenters. The number of rotatable bonds is 2. The zero-order chi connectivity index (χ0) is 11.7. The van der Waals surface area contributed by atoms with E-state index in [1.54, 1.807) is 0 Å². The van der Waals surface area contributed by atoms with Crippen molar-refractivity contribution in [3.05, 3.63) is 35.9 Å². The first-order chi connectivity index (χ1) is 8.36. The van der Waals surface area contributed by atoms with Crippen molar-refractivity contribution in [2.75, 3.05) is 6.73 Å². The molecule has 0 N–H and O–H groups in total. The Hall–Kier alpha value is -0.860. The fourth-order valence-corrected chi connectivity index (χ4v) is 3.25. The molecule has 3 atom stereocenters. The quantitative estimate of drug-likeness (QED) is 0.774. The number of hydrogen-bond donors (Lipinski definition) is 0. The molecule has 2 nitrogen and oxygen atoms in total. The molecule has 1 aromatic rings. The maximum absolute atomic E-state index is 5.94. The van der Waals surface area contributed by atoms with E-state index in [9.17, 15) is 0 Å². The SMILES string of the molecule is C[C@@H](c1ccccc1)N1CO[C@@H]2CCCC[C@H]21. The lowest BCUT2D eigenvalue weighted by Crippen LogP contribution is -2.38. The van der Waals surface area contributed by atoms with E-state index in [1.165, 1.54) is 31.2 Å². The highest BCUT2D eigenvalue weighted by Crippen LogP contribution is 2.35. The van der Waals surface area contributed by atoms with Crippen LogP contribution in [0.25, 0.3) is 0 Å². The number of nitrogens with zero attached hydrogens (tertiary/aromatic N) is 1. The lowest BCUT2D eigenvalue weighted by molar-refractivity contribution is 0.0724. The maximum Gasteiger partial charge on any atom is 0.100 e. The van der Waals surface area contributed by atoms with Crippen molar-refractivity contribution in [3.8, 4) is 0 Å². The van der Waals surface area contributed by atoms with Gasteiger partial charge in [-0.3, -0.25) is 4.90 Å². The third-order valence-corrected chi connectivity index (χ3v) is 4.31. The minimum atomic E-state index is 0.476. The lowest BCUT2D eigenvalue weighted by atomic mass is 9.91. The predicted molar refractivity (Wildman–Crippen MR) is 68.7 cm³/mol. The molecular formula is C15H21NO. The van der Waals surface area contributed by atoms with Crippen LogP contribution in [-0.2, 0) is 4.74 Å². The van der Waals surface area contributed by atoms with E-state index in [4.69, 9.17) is 4.74 Å². The summed E-state index contributed by atoms with van der Waals surface area (Å²) in [6.07, 6.45) is 5.76. The molecule has 0 spiro atoms. The van der Waals surface area contributed by atoms with Gasteiger partial charge in [-0.25, -0.2) is 0 Å². The molecule has 1 heterocycles. The molecule has 0 aromatic heterocycles. The molecule has 2 aliphatic rings. The second kappa shape index (κ2) is 4.79. The summed E-state index contributed by atoms with van der Waals surface area (Å²) in [7, 11) is 0. The molecule has 2 fully saturated rings. The van der Waals surface area contributed by atoms with Crippen LogP contribution in [0.2, 0.25) is 0 Å². The van der Waals surface area contributed by atoms with E-state index in [0.29, 0.717) is 18.2 Å². The fraction of sp³-hybridized carbons (Fsp3) is 0.600. The van der Waals surface area contributed by atoms with E-state index in [0.717, 1.165) is 6.73 Å². The Morgan fingerprint density at radius 1 is 1.18 bits per heavy atom. The Morgan fingerprint density at radius 2 is 1.94 bits per heavy atom. The van der Waals surface area contributed by atoms with Crippen LogP contribution < -0.4 is 0 Å². The Morgan fingerprint density at radius 3 is 2.76 bits per heavy atom. The normalized spacial score (nSPS) is 31.1. The molecular weight excluding hydrogens is 210 g/mol. The Labute approximate surface area is 104 Å². The van der Waals surface area contributed by atoms with E-state index in [2.05, 4.69) is 42.2 Å². The van der Waals surface area contributed by atoms with Crippen molar-refractivity contribution >= 4 is 0 Å². The van der Waals surface area contributed by atoms with Gasteiger partial charge in [-0.15, -0.1) is 0 Å². The van der Waals surface area contributed by atoms with Gasteiger partial charge in [0.1, 0.15) is 6.73 Å². The third-order valence-electron chi connectivity index (χ3n) is 4.31. The van der Waals surface area contributed by atoms with Gasteiger partial charge in [-0.2, -0.15) is 0 Å². The Kier molecular flexibility index (Phi) is 3.17.